The van der Waals surface area contributed by atoms with Crippen molar-refractivity contribution in [1.82, 2.24) is 4.98 Å². The molecule has 0 aliphatic rings. The summed E-state index contributed by atoms with van der Waals surface area (Å²) in [6.07, 6.45) is 0. The van der Waals surface area contributed by atoms with Crippen LogP contribution in [-0.4, -0.2) is 16.5 Å². The molecule has 3 aromatic rings. The van der Waals surface area contributed by atoms with Crippen LogP contribution in [0.15, 0.2) is 66.0 Å². The molecule has 0 bridgehead atoms. The van der Waals surface area contributed by atoms with Gasteiger partial charge in [0.1, 0.15) is 5.75 Å². The Morgan fingerprint density at radius 1 is 1.04 bits per heavy atom. The second-order valence-electron chi connectivity index (χ2n) is 5.78. The van der Waals surface area contributed by atoms with E-state index in [4.69, 9.17) is 4.74 Å². The fourth-order valence-corrected chi connectivity index (χ4v) is 2.86. The third-order valence-electron chi connectivity index (χ3n) is 3.46. The summed E-state index contributed by atoms with van der Waals surface area (Å²) >= 11 is 1.40. The van der Waals surface area contributed by atoms with E-state index in [9.17, 15) is 4.79 Å². The van der Waals surface area contributed by atoms with Crippen LogP contribution in [0, 0.1) is 0 Å². The van der Waals surface area contributed by atoms with Crippen LogP contribution < -0.4 is 10.1 Å². The lowest BCUT2D eigenvalue weighted by molar-refractivity contribution is -0.128. The maximum Gasteiger partial charge on any atom is 0.269 e. The zero-order chi connectivity index (χ0) is 17.0. The number of carbonyl (C=O) groups is 1. The van der Waals surface area contributed by atoms with Crippen LogP contribution in [0.1, 0.15) is 13.8 Å². The van der Waals surface area contributed by atoms with Gasteiger partial charge in [-0.2, -0.15) is 0 Å². The van der Waals surface area contributed by atoms with Gasteiger partial charge in [-0.25, -0.2) is 4.98 Å². The summed E-state index contributed by atoms with van der Waals surface area (Å²) in [6, 6.07) is 19.2. The van der Waals surface area contributed by atoms with Crippen LogP contribution in [0.25, 0.3) is 11.3 Å². The minimum atomic E-state index is -1.00. The largest absolute Gasteiger partial charge is 0.478 e. The summed E-state index contributed by atoms with van der Waals surface area (Å²) in [5.41, 5.74) is 0.867. The first-order valence-electron chi connectivity index (χ1n) is 7.61. The lowest BCUT2D eigenvalue weighted by Gasteiger charge is -2.24. The number of benzene rings is 2. The first kappa shape index (κ1) is 16.2. The third-order valence-corrected chi connectivity index (χ3v) is 4.21. The van der Waals surface area contributed by atoms with E-state index in [1.54, 1.807) is 13.8 Å². The summed E-state index contributed by atoms with van der Waals surface area (Å²) in [5, 5.41) is 5.32. The number of aromatic nitrogens is 1. The molecule has 0 atom stereocenters. The molecule has 0 spiro atoms. The van der Waals surface area contributed by atoms with Crippen LogP contribution in [0.3, 0.4) is 0 Å². The Morgan fingerprint density at radius 3 is 2.33 bits per heavy atom. The number of rotatable bonds is 5. The van der Waals surface area contributed by atoms with Crippen molar-refractivity contribution in [2.24, 2.45) is 0 Å². The molecule has 122 valence electrons. The number of ether oxygens (including phenoxy) is 1. The number of anilines is 1. The van der Waals surface area contributed by atoms with Crippen molar-refractivity contribution in [2.45, 2.75) is 19.4 Å². The molecule has 0 fully saturated rings. The highest BCUT2D eigenvalue weighted by Gasteiger charge is 2.30. The van der Waals surface area contributed by atoms with E-state index >= 15 is 0 Å². The average molecular weight is 338 g/mol. The number of amides is 1. The van der Waals surface area contributed by atoms with Crippen molar-refractivity contribution < 1.29 is 9.53 Å². The van der Waals surface area contributed by atoms with Crippen LogP contribution in [-0.2, 0) is 4.79 Å². The summed E-state index contributed by atoms with van der Waals surface area (Å²) in [4.78, 5) is 17.0. The number of carbonyl (C=O) groups excluding carboxylic acids is 1. The van der Waals surface area contributed by atoms with Gasteiger partial charge in [0.15, 0.2) is 10.7 Å². The third kappa shape index (κ3) is 3.81. The lowest BCUT2D eigenvalue weighted by Crippen LogP contribution is -2.42. The van der Waals surface area contributed by atoms with Crippen LogP contribution in [0.4, 0.5) is 5.13 Å². The topological polar surface area (TPSA) is 51.2 Å². The fraction of sp³-hybridized carbons (Fsp3) is 0.158. The van der Waals surface area contributed by atoms with Gasteiger partial charge < -0.3 is 4.74 Å². The Balaban J connectivity index is 1.69. The van der Waals surface area contributed by atoms with Gasteiger partial charge >= 0.3 is 0 Å². The predicted molar refractivity (Wildman–Crippen MR) is 97.3 cm³/mol. The summed E-state index contributed by atoms with van der Waals surface area (Å²) in [7, 11) is 0. The minimum Gasteiger partial charge on any atom is -0.478 e. The number of nitrogens with zero attached hydrogens (tertiary/aromatic N) is 1. The van der Waals surface area contributed by atoms with E-state index in [1.807, 2.05) is 66.0 Å². The highest BCUT2D eigenvalue weighted by atomic mass is 32.1. The summed E-state index contributed by atoms with van der Waals surface area (Å²) < 4.78 is 5.79. The van der Waals surface area contributed by atoms with E-state index in [0.717, 1.165) is 11.3 Å². The first-order valence-corrected chi connectivity index (χ1v) is 8.49. The number of hydrogen-bond acceptors (Lipinski definition) is 4. The van der Waals surface area contributed by atoms with Crippen LogP contribution in [0.5, 0.6) is 5.75 Å². The highest BCUT2D eigenvalue weighted by Crippen LogP contribution is 2.26. The standard InChI is InChI=1S/C19H18N2O2S/c1-19(2,23-15-11-7-4-8-12-15)17(22)21-18-20-16(13-24-18)14-9-5-3-6-10-14/h3-13H,1-2H3,(H,20,21,22). The zero-order valence-corrected chi connectivity index (χ0v) is 14.3. The molecule has 3 rings (SSSR count). The average Bonchev–Trinajstić information content (AvgIpc) is 3.05. The molecule has 0 saturated heterocycles. The Bertz CT molecular complexity index is 814. The van der Waals surface area contributed by atoms with E-state index in [0.29, 0.717) is 10.9 Å². The van der Waals surface area contributed by atoms with Crippen molar-refractivity contribution in [3.63, 3.8) is 0 Å². The SMILES string of the molecule is CC(C)(Oc1ccccc1)C(=O)Nc1nc(-c2ccccc2)cs1. The number of para-hydroxylation sites is 1. The molecule has 0 unspecified atom stereocenters. The van der Waals surface area contributed by atoms with Gasteiger partial charge in [-0.05, 0) is 26.0 Å². The Morgan fingerprint density at radius 2 is 1.67 bits per heavy atom. The highest BCUT2D eigenvalue weighted by molar-refractivity contribution is 7.14. The fourth-order valence-electron chi connectivity index (χ4n) is 2.15. The van der Waals surface area contributed by atoms with Crippen LogP contribution in [0.2, 0.25) is 0 Å². The molecule has 2 aromatic carbocycles. The predicted octanol–water partition coefficient (Wildman–Crippen LogP) is 4.61. The maximum atomic E-state index is 12.5. The number of hydrogen-bond donors (Lipinski definition) is 1. The molecule has 1 aromatic heterocycles. The molecule has 0 aliphatic heterocycles. The van der Waals surface area contributed by atoms with Gasteiger partial charge in [0.2, 0.25) is 0 Å². The maximum absolute atomic E-state index is 12.5. The lowest BCUT2D eigenvalue weighted by atomic mass is 10.1. The molecular weight excluding hydrogens is 320 g/mol. The molecule has 1 heterocycles. The first-order chi connectivity index (χ1) is 11.5. The normalized spacial score (nSPS) is 11.1. The molecule has 0 radical (unpaired) electrons. The smallest absolute Gasteiger partial charge is 0.269 e. The van der Waals surface area contributed by atoms with Gasteiger partial charge in [-0.3, -0.25) is 10.1 Å². The van der Waals surface area contributed by atoms with E-state index in [1.165, 1.54) is 11.3 Å². The second kappa shape index (κ2) is 6.84. The van der Waals surface area contributed by atoms with Gasteiger partial charge in [0, 0.05) is 10.9 Å². The molecule has 24 heavy (non-hydrogen) atoms. The van der Waals surface area contributed by atoms with Gasteiger partial charge in [0.05, 0.1) is 5.69 Å². The van der Waals surface area contributed by atoms with E-state index < -0.39 is 5.60 Å². The molecule has 0 aliphatic carbocycles. The molecule has 1 amide bonds. The van der Waals surface area contributed by atoms with Gasteiger partial charge in [0.25, 0.3) is 5.91 Å². The number of thiazole rings is 1. The molecule has 5 heteroatoms. The van der Waals surface area contributed by atoms with Crippen molar-refractivity contribution >= 4 is 22.4 Å². The van der Waals surface area contributed by atoms with E-state index in [2.05, 4.69) is 10.3 Å². The Hall–Kier alpha value is -2.66. The van der Waals surface area contributed by atoms with Gasteiger partial charge in [-0.15, -0.1) is 11.3 Å². The van der Waals surface area contributed by atoms with Gasteiger partial charge in [-0.1, -0.05) is 48.5 Å². The monoisotopic (exact) mass is 338 g/mol. The Kier molecular flexibility index (Phi) is 4.62. The minimum absolute atomic E-state index is 0.236. The number of nitrogens with one attached hydrogen (secondary N) is 1. The molecule has 4 nitrogen and oxygen atoms in total. The Labute approximate surface area is 145 Å². The van der Waals surface area contributed by atoms with Crippen molar-refractivity contribution in [3.05, 3.63) is 66.0 Å². The van der Waals surface area contributed by atoms with Crippen molar-refractivity contribution in [3.8, 4) is 17.0 Å². The zero-order valence-electron chi connectivity index (χ0n) is 13.5. The van der Waals surface area contributed by atoms with Crippen LogP contribution >= 0.6 is 11.3 Å². The summed E-state index contributed by atoms with van der Waals surface area (Å²) in [6.45, 7) is 3.47. The second-order valence-corrected chi connectivity index (χ2v) is 6.64. The van der Waals surface area contributed by atoms with Crippen molar-refractivity contribution in [2.75, 3.05) is 5.32 Å². The molecule has 0 saturated carbocycles. The van der Waals surface area contributed by atoms with Crippen molar-refractivity contribution in [1.29, 1.82) is 0 Å². The molecular formula is C19H18N2O2S. The molecule has 1 N–H and O–H groups in total. The quantitative estimate of drug-likeness (QED) is 0.739. The van der Waals surface area contributed by atoms with E-state index in [-0.39, 0.29) is 5.91 Å². The summed E-state index contributed by atoms with van der Waals surface area (Å²) in [5.74, 6) is 0.419.